The van der Waals surface area contributed by atoms with Crippen LogP contribution in [0.1, 0.15) is 0 Å². The Morgan fingerprint density at radius 3 is 2.50 bits per heavy atom. The molecule has 0 saturated heterocycles. The zero-order valence-electron chi connectivity index (χ0n) is 8.52. The molecule has 16 heavy (non-hydrogen) atoms. The molecule has 0 aromatic heterocycles. The first-order chi connectivity index (χ1) is 7.33. The molecule has 0 aromatic carbocycles. The number of nitrogens with two attached hydrogens (primary N) is 1. The summed E-state index contributed by atoms with van der Waals surface area (Å²) >= 11 is 0. The third-order valence-corrected chi connectivity index (χ3v) is 2.89. The fourth-order valence-electron chi connectivity index (χ4n) is 0.819. The second kappa shape index (κ2) is 6.55. The summed E-state index contributed by atoms with van der Waals surface area (Å²) in [6, 6.07) is 0. The van der Waals surface area contributed by atoms with Crippen molar-refractivity contribution in [3.05, 3.63) is 0 Å². The van der Waals surface area contributed by atoms with E-state index in [-0.39, 0.29) is 13.1 Å². The van der Waals surface area contributed by atoms with Crippen LogP contribution in [0, 0.1) is 0 Å². The monoisotopic (exact) mass is 261 g/mol. The summed E-state index contributed by atoms with van der Waals surface area (Å²) < 4.78 is 52.7. The Kier molecular flexibility index (Phi) is 6.14. The molecule has 0 spiro atoms. The van der Waals surface area contributed by atoms with E-state index >= 15 is 0 Å². The van der Waals surface area contributed by atoms with Crippen LogP contribution < -0.4 is 10.5 Å². The van der Waals surface area contributed by atoms with Gasteiger partial charge in [-0.25, -0.2) is 18.3 Å². The highest BCUT2D eigenvalue weighted by Gasteiger charge is 2.26. The highest BCUT2D eigenvalue weighted by atomic mass is 32.2. The van der Waals surface area contributed by atoms with Crippen molar-refractivity contribution >= 4 is 16.3 Å². The lowest BCUT2D eigenvalue weighted by Crippen LogP contribution is -2.47. The van der Waals surface area contributed by atoms with Crippen LogP contribution in [0.5, 0.6) is 0 Å². The number of ether oxygens (including phenoxy) is 1. The second-order valence-electron chi connectivity index (χ2n) is 2.64. The Labute approximate surface area is 91.7 Å². The topological polar surface area (TPSA) is 102 Å². The van der Waals surface area contributed by atoms with E-state index in [1.807, 2.05) is 0 Å². The number of carbonyl (C=O) groups excluding carboxylic acids is 1. The minimum Gasteiger partial charge on any atom is -0.452 e. The van der Waals surface area contributed by atoms with E-state index in [0.29, 0.717) is 4.31 Å². The molecule has 10 heteroatoms. The van der Waals surface area contributed by atoms with Gasteiger partial charge in [-0.1, -0.05) is 0 Å². The van der Waals surface area contributed by atoms with Crippen LogP contribution >= 0.6 is 0 Å². The van der Waals surface area contributed by atoms with Gasteiger partial charge >= 0.3 is 16.3 Å². The Balaban J connectivity index is 4.68. The molecular formula is C6H13F2N3O4S. The molecule has 7 nitrogen and oxygen atoms in total. The number of halogens is 2. The molecule has 0 aromatic rings. The summed E-state index contributed by atoms with van der Waals surface area (Å²) in [5.74, 6) is 0. The average Bonchev–Trinajstić information content (AvgIpc) is 2.15. The summed E-state index contributed by atoms with van der Waals surface area (Å²) in [6.45, 7) is -1.50. The van der Waals surface area contributed by atoms with E-state index in [2.05, 4.69) is 4.74 Å². The normalized spacial score (nSPS) is 11.9. The molecule has 96 valence electrons. The van der Waals surface area contributed by atoms with Crippen molar-refractivity contribution in [2.75, 3.05) is 26.7 Å². The molecule has 0 atom stereocenters. The summed E-state index contributed by atoms with van der Waals surface area (Å²) in [5.41, 5.74) is 5.07. The molecule has 0 rings (SSSR count). The smallest absolute Gasteiger partial charge is 0.421 e. The van der Waals surface area contributed by atoms with Gasteiger partial charge in [0.25, 0.3) is 6.43 Å². The molecule has 0 aliphatic heterocycles. The second-order valence-corrected chi connectivity index (χ2v) is 4.31. The molecule has 0 unspecified atom stereocenters. The van der Waals surface area contributed by atoms with Gasteiger partial charge in [-0.15, -0.1) is 0 Å². The molecule has 0 saturated carbocycles. The van der Waals surface area contributed by atoms with Gasteiger partial charge in [0.1, 0.15) is 0 Å². The van der Waals surface area contributed by atoms with Crippen molar-refractivity contribution in [1.29, 1.82) is 0 Å². The van der Waals surface area contributed by atoms with Gasteiger partial charge in [-0.2, -0.15) is 12.7 Å². The number of alkyl halides is 2. The van der Waals surface area contributed by atoms with E-state index in [1.165, 1.54) is 4.72 Å². The molecule has 1 amide bonds. The first-order valence-electron chi connectivity index (χ1n) is 4.17. The van der Waals surface area contributed by atoms with Crippen molar-refractivity contribution in [3.8, 4) is 0 Å². The molecule has 0 aliphatic rings. The Bertz CT molecular complexity index is 322. The number of rotatable bonds is 6. The van der Waals surface area contributed by atoms with Crippen LogP contribution in [0.4, 0.5) is 13.6 Å². The third-order valence-electron chi connectivity index (χ3n) is 1.46. The predicted octanol–water partition coefficient (Wildman–Crippen LogP) is -0.887. The van der Waals surface area contributed by atoms with E-state index in [1.54, 1.807) is 0 Å². The minimum absolute atomic E-state index is 0.144. The Morgan fingerprint density at radius 2 is 2.12 bits per heavy atom. The standard InChI is InChI=1S/C6H13F2N3O4S/c1-15-6(12)10-16(13,14)11(3-2-9)4-5(7)8/h5H,2-4,9H2,1H3,(H,10,12). The maximum absolute atomic E-state index is 12.1. The zero-order chi connectivity index (χ0) is 12.8. The van der Waals surface area contributed by atoms with Crippen LogP contribution in [-0.2, 0) is 14.9 Å². The van der Waals surface area contributed by atoms with E-state index in [4.69, 9.17) is 5.73 Å². The van der Waals surface area contributed by atoms with Gasteiger partial charge in [0.2, 0.25) is 0 Å². The van der Waals surface area contributed by atoms with Gasteiger partial charge in [0, 0.05) is 13.1 Å². The lowest BCUT2D eigenvalue weighted by molar-refractivity contribution is 0.119. The largest absolute Gasteiger partial charge is 0.452 e. The van der Waals surface area contributed by atoms with Gasteiger partial charge in [-0.05, 0) is 0 Å². The lowest BCUT2D eigenvalue weighted by Gasteiger charge is -2.20. The lowest BCUT2D eigenvalue weighted by atomic mass is 10.6. The molecule has 0 heterocycles. The Hall–Kier alpha value is -1.00. The maximum atomic E-state index is 12.1. The van der Waals surface area contributed by atoms with Crippen LogP contribution in [0.15, 0.2) is 0 Å². The summed E-state index contributed by atoms with van der Waals surface area (Å²) in [7, 11) is -3.39. The van der Waals surface area contributed by atoms with Gasteiger partial charge < -0.3 is 10.5 Å². The van der Waals surface area contributed by atoms with Crippen molar-refractivity contribution in [2.24, 2.45) is 5.73 Å². The Morgan fingerprint density at radius 1 is 1.56 bits per heavy atom. The first-order valence-corrected chi connectivity index (χ1v) is 5.61. The first kappa shape index (κ1) is 15.0. The average molecular weight is 261 g/mol. The molecule has 0 bridgehead atoms. The highest BCUT2D eigenvalue weighted by molar-refractivity contribution is 7.87. The summed E-state index contributed by atoms with van der Waals surface area (Å²) in [4.78, 5) is 10.7. The van der Waals surface area contributed by atoms with Crippen molar-refractivity contribution in [3.63, 3.8) is 0 Å². The number of amides is 1. The molecule has 0 aliphatic carbocycles. The molecular weight excluding hydrogens is 248 g/mol. The SMILES string of the molecule is COC(=O)NS(=O)(=O)N(CCN)CC(F)F. The van der Waals surface area contributed by atoms with Gasteiger partial charge in [0.15, 0.2) is 0 Å². The van der Waals surface area contributed by atoms with Crippen LogP contribution in [0.3, 0.4) is 0 Å². The molecule has 3 N–H and O–H groups in total. The van der Waals surface area contributed by atoms with Crippen LogP contribution in [-0.4, -0.2) is 52.0 Å². The predicted molar refractivity (Wildman–Crippen MR) is 51.1 cm³/mol. The number of hydrogen-bond donors (Lipinski definition) is 2. The number of carbonyl (C=O) groups is 1. The highest BCUT2D eigenvalue weighted by Crippen LogP contribution is 2.03. The molecule has 0 fully saturated rings. The molecule has 0 radical (unpaired) electrons. The van der Waals surface area contributed by atoms with Crippen LogP contribution in [0.25, 0.3) is 0 Å². The number of nitrogens with zero attached hydrogens (tertiary/aromatic N) is 1. The van der Waals surface area contributed by atoms with Crippen molar-refractivity contribution < 1.29 is 26.7 Å². The fourth-order valence-corrected chi connectivity index (χ4v) is 1.90. The van der Waals surface area contributed by atoms with Crippen LogP contribution in [0.2, 0.25) is 0 Å². The maximum Gasteiger partial charge on any atom is 0.421 e. The minimum atomic E-state index is -4.34. The summed E-state index contributed by atoms with van der Waals surface area (Å²) in [5, 5.41) is 0. The zero-order valence-corrected chi connectivity index (χ0v) is 9.34. The van der Waals surface area contributed by atoms with Gasteiger partial charge in [-0.3, -0.25) is 0 Å². The van der Waals surface area contributed by atoms with E-state index in [0.717, 1.165) is 7.11 Å². The fraction of sp³-hybridized carbons (Fsp3) is 0.833. The summed E-state index contributed by atoms with van der Waals surface area (Å²) in [6.07, 6.45) is -4.11. The van der Waals surface area contributed by atoms with E-state index in [9.17, 15) is 22.0 Å². The number of nitrogens with one attached hydrogen (secondary N) is 1. The van der Waals surface area contributed by atoms with Crippen molar-refractivity contribution in [1.82, 2.24) is 9.03 Å². The number of methoxy groups -OCH3 is 1. The van der Waals surface area contributed by atoms with Gasteiger partial charge in [0.05, 0.1) is 13.7 Å². The quantitative estimate of drug-likeness (QED) is 0.646. The third kappa shape index (κ3) is 5.19. The van der Waals surface area contributed by atoms with Crippen molar-refractivity contribution in [2.45, 2.75) is 6.43 Å². The number of hydrogen-bond acceptors (Lipinski definition) is 5. The van der Waals surface area contributed by atoms with E-state index < -0.39 is 29.3 Å².